The van der Waals surface area contributed by atoms with Crippen molar-refractivity contribution in [1.29, 1.82) is 0 Å². The van der Waals surface area contributed by atoms with Gasteiger partial charge in [0.15, 0.2) is 5.76 Å². The van der Waals surface area contributed by atoms with Crippen molar-refractivity contribution >= 4 is 11.8 Å². The number of hydrogen-bond acceptors (Lipinski definition) is 4. The van der Waals surface area contributed by atoms with Crippen molar-refractivity contribution in [3.63, 3.8) is 0 Å². The van der Waals surface area contributed by atoms with Gasteiger partial charge in [-0.3, -0.25) is 9.59 Å². The highest BCUT2D eigenvalue weighted by atomic mass is 16.3. The molecule has 140 valence electrons. The van der Waals surface area contributed by atoms with E-state index >= 15 is 0 Å². The second-order valence-corrected chi connectivity index (χ2v) is 6.15. The first-order chi connectivity index (χ1) is 13.2. The summed E-state index contributed by atoms with van der Waals surface area (Å²) in [5.41, 5.74) is 1.06. The van der Waals surface area contributed by atoms with Crippen LogP contribution in [0.2, 0.25) is 0 Å². The topological polar surface area (TPSA) is 75.7 Å². The highest BCUT2D eigenvalue weighted by Crippen LogP contribution is 2.12. The average molecular weight is 366 g/mol. The molecule has 1 aromatic carbocycles. The summed E-state index contributed by atoms with van der Waals surface area (Å²) in [6, 6.07) is 16.8. The minimum Gasteiger partial charge on any atom is -0.467 e. The minimum absolute atomic E-state index is 0.0162. The van der Waals surface area contributed by atoms with Crippen LogP contribution in [0.1, 0.15) is 34.7 Å². The summed E-state index contributed by atoms with van der Waals surface area (Å²) in [6.07, 6.45) is 3.94. The maximum Gasteiger partial charge on any atom is 0.286 e. The van der Waals surface area contributed by atoms with Crippen LogP contribution >= 0.6 is 0 Å². The quantitative estimate of drug-likeness (QED) is 0.587. The number of carbonyl (C=O) groups excluding carboxylic acids is 2. The van der Waals surface area contributed by atoms with Crippen molar-refractivity contribution in [2.45, 2.75) is 25.9 Å². The molecule has 1 N–H and O–H groups in total. The summed E-state index contributed by atoms with van der Waals surface area (Å²) in [4.78, 5) is 26.3. The summed E-state index contributed by atoms with van der Waals surface area (Å²) in [7, 11) is 0. The van der Waals surface area contributed by atoms with Crippen LogP contribution in [0.5, 0.6) is 0 Å². The molecule has 3 aromatic rings. The van der Waals surface area contributed by atoms with Gasteiger partial charge in [0.05, 0.1) is 19.1 Å². The van der Waals surface area contributed by atoms with E-state index in [-0.39, 0.29) is 17.6 Å². The molecule has 2 aromatic heterocycles. The molecule has 6 nitrogen and oxygen atoms in total. The fraction of sp³-hybridized carbons (Fsp3) is 0.238. The van der Waals surface area contributed by atoms with Gasteiger partial charge in [0.25, 0.3) is 5.91 Å². The highest BCUT2D eigenvalue weighted by Gasteiger charge is 2.16. The lowest BCUT2D eigenvalue weighted by atomic mass is 10.2. The van der Waals surface area contributed by atoms with Gasteiger partial charge >= 0.3 is 0 Å². The minimum atomic E-state index is -0.274. The number of furan rings is 2. The van der Waals surface area contributed by atoms with E-state index in [1.54, 1.807) is 23.3 Å². The molecule has 0 fully saturated rings. The molecule has 0 radical (unpaired) electrons. The van der Waals surface area contributed by atoms with E-state index in [0.29, 0.717) is 32.5 Å². The fourth-order valence-corrected chi connectivity index (χ4v) is 2.72. The number of benzene rings is 1. The van der Waals surface area contributed by atoms with Gasteiger partial charge in [0.2, 0.25) is 5.91 Å². The lowest BCUT2D eigenvalue weighted by Crippen LogP contribution is -2.31. The van der Waals surface area contributed by atoms with E-state index in [2.05, 4.69) is 5.32 Å². The Morgan fingerprint density at radius 3 is 2.37 bits per heavy atom. The Hall–Kier alpha value is -3.28. The van der Waals surface area contributed by atoms with Crippen LogP contribution in [0.25, 0.3) is 0 Å². The number of nitrogens with zero attached hydrogens (tertiary/aromatic N) is 1. The second kappa shape index (κ2) is 9.43. The van der Waals surface area contributed by atoms with Gasteiger partial charge in [0.1, 0.15) is 5.76 Å². The van der Waals surface area contributed by atoms with E-state index in [4.69, 9.17) is 8.83 Å². The fourth-order valence-electron chi connectivity index (χ4n) is 2.72. The van der Waals surface area contributed by atoms with Crippen molar-refractivity contribution in [2.24, 2.45) is 0 Å². The summed E-state index contributed by atoms with van der Waals surface area (Å²) < 4.78 is 10.4. The SMILES string of the molecule is O=C(NCCCC(=O)N(Cc1ccccc1)Cc1ccco1)c1ccco1. The molecule has 0 aliphatic rings. The van der Waals surface area contributed by atoms with Gasteiger partial charge in [-0.05, 0) is 36.2 Å². The van der Waals surface area contributed by atoms with Gasteiger partial charge in [-0.1, -0.05) is 30.3 Å². The Morgan fingerprint density at radius 1 is 0.889 bits per heavy atom. The number of carbonyl (C=O) groups is 2. The molecule has 27 heavy (non-hydrogen) atoms. The van der Waals surface area contributed by atoms with E-state index < -0.39 is 0 Å². The zero-order chi connectivity index (χ0) is 18.9. The zero-order valence-corrected chi connectivity index (χ0v) is 15.0. The molecule has 2 heterocycles. The predicted molar refractivity (Wildman–Crippen MR) is 99.7 cm³/mol. The van der Waals surface area contributed by atoms with Crippen LogP contribution in [0, 0.1) is 0 Å². The van der Waals surface area contributed by atoms with E-state index in [0.717, 1.165) is 11.3 Å². The van der Waals surface area contributed by atoms with Gasteiger partial charge in [-0.2, -0.15) is 0 Å². The Balaban J connectivity index is 1.51. The van der Waals surface area contributed by atoms with E-state index in [1.807, 2.05) is 42.5 Å². The van der Waals surface area contributed by atoms with Crippen LogP contribution in [0.3, 0.4) is 0 Å². The van der Waals surface area contributed by atoms with Crippen molar-refractivity contribution in [2.75, 3.05) is 6.54 Å². The first-order valence-electron chi connectivity index (χ1n) is 8.88. The molecule has 0 aliphatic carbocycles. The monoisotopic (exact) mass is 366 g/mol. The molecule has 0 saturated carbocycles. The Bertz CT molecular complexity index is 826. The number of rotatable bonds is 9. The van der Waals surface area contributed by atoms with Crippen LogP contribution in [0.15, 0.2) is 76.0 Å². The van der Waals surface area contributed by atoms with E-state index in [1.165, 1.54) is 6.26 Å². The lowest BCUT2D eigenvalue weighted by molar-refractivity contribution is -0.132. The third-order valence-corrected chi connectivity index (χ3v) is 4.09. The molecular formula is C21H22N2O4. The summed E-state index contributed by atoms with van der Waals surface area (Å²) in [5.74, 6) is 0.752. The second-order valence-electron chi connectivity index (χ2n) is 6.15. The average Bonchev–Trinajstić information content (AvgIpc) is 3.39. The van der Waals surface area contributed by atoms with Gasteiger partial charge in [-0.25, -0.2) is 0 Å². The van der Waals surface area contributed by atoms with Crippen molar-refractivity contribution in [3.05, 3.63) is 84.2 Å². The molecule has 6 heteroatoms. The molecule has 0 spiro atoms. The molecule has 0 unspecified atom stereocenters. The largest absolute Gasteiger partial charge is 0.467 e. The maximum atomic E-state index is 12.7. The molecule has 0 bridgehead atoms. The van der Waals surface area contributed by atoms with Crippen molar-refractivity contribution in [1.82, 2.24) is 10.2 Å². The van der Waals surface area contributed by atoms with Gasteiger partial charge < -0.3 is 19.1 Å². The zero-order valence-electron chi connectivity index (χ0n) is 15.0. The van der Waals surface area contributed by atoms with Crippen LogP contribution in [0.4, 0.5) is 0 Å². The molecule has 2 amide bonds. The normalized spacial score (nSPS) is 10.5. The molecule has 3 rings (SSSR count). The molecule has 0 aliphatic heterocycles. The summed E-state index contributed by atoms with van der Waals surface area (Å²) in [5, 5.41) is 2.75. The molecular weight excluding hydrogens is 344 g/mol. The van der Waals surface area contributed by atoms with Gasteiger partial charge in [0, 0.05) is 19.5 Å². The lowest BCUT2D eigenvalue weighted by Gasteiger charge is -2.22. The predicted octanol–water partition coefficient (Wildman–Crippen LogP) is 3.61. The number of amides is 2. The Labute approximate surface area is 157 Å². The van der Waals surface area contributed by atoms with Crippen LogP contribution < -0.4 is 5.32 Å². The number of hydrogen-bond donors (Lipinski definition) is 1. The Kier molecular flexibility index (Phi) is 6.46. The van der Waals surface area contributed by atoms with Gasteiger partial charge in [-0.15, -0.1) is 0 Å². The van der Waals surface area contributed by atoms with Crippen LogP contribution in [-0.4, -0.2) is 23.3 Å². The first kappa shape index (κ1) is 18.5. The maximum absolute atomic E-state index is 12.7. The van der Waals surface area contributed by atoms with Crippen LogP contribution in [-0.2, 0) is 17.9 Å². The van der Waals surface area contributed by atoms with Crippen molar-refractivity contribution < 1.29 is 18.4 Å². The summed E-state index contributed by atoms with van der Waals surface area (Å²) in [6.45, 7) is 1.34. The molecule has 0 saturated heterocycles. The summed E-state index contributed by atoms with van der Waals surface area (Å²) >= 11 is 0. The standard InChI is InChI=1S/C21H22N2O4/c24-20(11-4-12-22-21(25)19-10-6-14-27-19)23(16-18-9-5-13-26-18)15-17-7-2-1-3-8-17/h1-3,5-10,13-14H,4,11-12,15-16H2,(H,22,25). The Morgan fingerprint density at radius 2 is 1.67 bits per heavy atom. The smallest absolute Gasteiger partial charge is 0.286 e. The molecule has 0 atom stereocenters. The first-order valence-corrected chi connectivity index (χ1v) is 8.88. The highest BCUT2D eigenvalue weighted by molar-refractivity contribution is 5.91. The van der Waals surface area contributed by atoms with E-state index in [9.17, 15) is 9.59 Å². The third-order valence-electron chi connectivity index (χ3n) is 4.09. The van der Waals surface area contributed by atoms with Crippen molar-refractivity contribution in [3.8, 4) is 0 Å². The number of nitrogens with one attached hydrogen (secondary N) is 1. The third kappa shape index (κ3) is 5.60.